The summed E-state index contributed by atoms with van der Waals surface area (Å²) in [5.74, 6) is -4.30. The van der Waals surface area contributed by atoms with Crippen LogP contribution in [-0.4, -0.2) is 44.3 Å². The summed E-state index contributed by atoms with van der Waals surface area (Å²) >= 11 is 0. The van der Waals surface area contributed by atoms with Gasteiger partial charge in [0.05, 0.1) is 0 Å². The van der Waals surface area contributed by atoms with Gasteiger partial charge in [-0.05, 0) is 36.4 Å². The number of carboxylic acid groups (broad SMARTS) is 2. The Labute approximate surface area is 158 Å². The fourth-order valence-electron chi connectivity index (χ4n) is 1.84. The van der Waals surface area contributed by atoms with Crippen LogP contribution < -0.4 is 9.47 Å². The fraction of sp³-hybridized carbons (Fsp3) is 0.111. The van der Waals surface area contributed by atoms with Crippen molar-refractivity contribution in [1.29, 1.82) is 0 Å². The zero-order valence-electron chi connectivity index (χ0n) is 14.7. The molecule has 10 heteroatoms. The van der Waals surface area contributed by atoms with Crippen molar-refractivity contribution in [3.8, 4) is 23.0 Å². The van der Waals surface area contributed by atoms with Crippen LogP contribution in [0, 0.1) is 0 Å². The van der Waals surface area contributed by atoms with E-state index in [2.05, 4.69) is 0 Å². The van der Waals surface area contributed by atoms with Crippen molar-refractivity contribution in [3.63, 3.8) is 0 Å². The monoisotopic (exact) mass is 392 g/mol. The molecule has 0 aliphatic carbocycles. The molecule has 0 heterocycles. The molecule has 0 aliphatic heterocycles. The van der Waals surface area contributed by atoms with Gasteiger partial charge in [-0.2, -0.15) is 0 Å². The van der Waals surface area contributed by atoms with Crippen LogP contribution in [0.15, 0.2) is 36.4 Å². The molecule has 0 aliphatic rings. The number of phenols is 2. The molecule has 10 nitrogen and oxygen atoms in total. The van der Waals surface area contributed by atoms with Crippen LogP contribution >= 0.6 is 0 Å². The summed E-state index contributed by atoms with van der Waals surface area (Å²) in [4.78, 5) is 42.7. The summed E-state index contributed by atoms with van der Waals surface area (Å²) in [6.07, 6.45) is 0. The zero-order chi connectivity index (χ0) is 21.4. The Balaban J connectivity index is 0.000000307. The molecule has 0 saturated carbocycles. The van der Waals surface area contributed by atoms with Crippen molar-refractivity contribution in [2.75, 3.05) is 0 Å². The molecule has 28 heavy (non-hydrogen) atoms. The topological polar surface area (TPSA) is 168 Å². The maximum absolute atomic E-state index is 10.9. The molecule has 148 valence electrons. The first-order chi connectivity index (χ1) is 13.0. The Morgan fingerprint density at radius 2 is 1.32 bits per heavy atom. The predicted molar refractivity (Wildman–Crippen MR) is 92.8 cm³/mol. The van der Waals surface area contributed by atoms with Crippen LogP contribution in [0.1, 0.15) is 34.6 Å². The third kappa shape index (κ3) is 6.67. The minimum Gasteiger partial charge on any atom is -0.508 e. The second-order valence-electron chi connectivity index (χ2n) is 5.16. The van der Waals surface area contributed by atoms with E-state index in [4.69, 9.17) is 29.9 Å². The number of hydrogen-bond acceptors (Lipinski definition) is 8. The highest BCUT2D eigenvalue weighted by Crippen LogP contribution is 2.25. The lowest BCUT2D eigenvalue weighted by Crippen LogP contribution is -2.08. The Morgan fingerprint density at radius 1 is 0.750 bits per heavy atom. The largest absolute Gasteiger partial charge is 0.508 e. The van der Waals surface area contributed by atoms with Gasteiger partial charge in [0.2, 0.25) is 0 Å². The Morgan fingerprint density at radius 3 is 1.79 bits per heavy atom. The minimum atomic E-state index is -1.28. The normalized spacial score (nSPS) is 9.50. The molecule has 0 amide bonds. The summed E-state index contributed by atoms with van der Waals surface area (Å²) in [5, 5.41) is 35.0. The molecule has 0 unspecified atom stereocenters. The highest BCUT2D eigenvalue weighted by molar-refractivity contribution is 5.92. The van der Waals surface area contributed by atoms with Crippen molar-refractivity contribution in [2.24, 2.45) is 0 Å². The molecule has 0 bridgehead atoms. The van der Waals surface area contributed by atoms with Crippen LogP contribution in [0.3, 0.4) is 0 Å². The average molecular weight is 392 g/mol. The molecule has 4 N–H and O–H groups in total. The maximum Gasteiger partial charge on any atom is 0.339 e. The van der Waals surface area contributed by atoms with E-state index in [0.29, 0.717) is 0 Å². The Kier molecular flexibility index (Phi) is 7.51. The number of carbonyl (C=O) groups excluding carboxylic acids is 2. The fourth-order valence-corrected chi connectivity index (χ4v) is 1.84. The second kappa shape index (κ2) is 9.57. The van der Waals surface area contributed by atoms with E-state index >= 15 is 0 Å². The number of rotatable bonds is 4. The molecule has 0 atom stereocenters. The number of carbonyl (C=O) groups is 4. The van der Waals surface area contributed by atoms with Crippen LogP contribution in [0.4, 0.5) is 0 Å². The van der Waals surface area contributed by atoms with Crippen LogP contribution in [0.2, 0.25) is 0 Å². The van der Waals surface area contributed by atoms with Gasteiger partial charge in [0.1, 0.15) is 34.1 Å². The van der Waals surface area contributed by atoms with Gasteiger partial charge in [0.25, 0.3) is 0 Å². The highest BCUT2D eigenvalue weighted by atomic mass is 16.5. The number of esters is 2. The molecule has 2 aromatic carbocycles. The molecule has 0 radical (unpaired) electrons. The third-order valence-electron chi connectivity index (χ3n) is 2.91. The summed E-state index contributed by atoms with van der Waals surface area (Å²) in [7, 11) is 0. The minimum absolute atomic E-state index is 0.0748. The number of ether oxygens (including phenoxy) is 2. The number of aromatic carboxylic acids is 2. The van der Waals surface area contributed by atoms with Crippen LogP contribution in [0.25, 0.3) is 0 Å². The van der Waals surface area contributed by atoms with E-state index in [0.717, 1.165) is 25.1 Å². The molecule has 0 saturated heterocycles. The van der Waals surface area contributed by atoms with Crippen molar-refractivity contribution in [2.45, 2.75) is 13.8 Å². The van der Waals surface area contributed by atoms with Gasteiger partial charge < -0.3 is 29.9 Å². The SMILES string of the molecule is CC(=O)Oc1ccc(OC(C)=O)c(C(=O)O)c1.O=C(O)c1cc(O)ccc1O. The summed E-state index contributed by atoms with van der Waals surface area (Å²) in [6.45, 7) is 2.35. The van der Waals surface area contributed by atoms with Crippen molar-refractivity contribution in [3.05, 3.63) is 47.5 Å². The Bertz CT molecular complexity index is 917. The van der Waals surface area contributed by atoms with Crippen LogP contribution in [-0.2, 0) is 9.59 Å². The van der Waals surface area contributed by atoms with Gasteiger partial charge in [0.15, 0.2) is 0 Å². The molecule has 2 aromatic rings. The molecule has 0 fully saturated rings. The highest BCUT2D eigenvalue weighted by Gasteiger charge is 2.15. The number of carboxylic acids is 2. The van der Waals surface area contributed by atoms with Gasteiger partial charge in [0, 0.05) is 13.8 Å². The van der Waals surface area contributed by atoms with Gasteiger partial charge in [-0.25, -0.2) is 9.59 Å². The van der Waals surface area contributed by atoms with E-state index in [9.17, 15) is 19.2 Å². The first-order valence-corrected chi connectivity index (χ1v) is 7.50. The molecular weight excluding hydrogens is 376 g/mol. The number of aromatic hydroxyl groups is 2. The molecular formula is C18H16O10. The number of benzene rings is 2. The van der Waals surface area contributed by atoms with Crippen LogP contribution in [0.5, 0.6) is 23.0 Å². The van der Waals surface area contributed by atoms with E-state index in [1.807, 2.05) is 0 Å². The summed E-state index contributed by atoms with van der Waals surface area (Å²) in [6, 6.07) is 7.02. The lowest BCUT2D eigenvalue weighted by molar-refractivity contribution is -0.133. The number of phenolic OH excluding ortho intramolecular Hbond substituents is 1. The van der Waals surface area contributed by atoms with E-state index in [1.54, 1.807) is 0 Å². The maximum atomic E-state index is 10.9. The Hall–Kier alpha value is -4.08. The van der Waals surface area contributed by atoms with Crippen molar-refractivity contribution < 1.29 is 49.1 Å². The molecule has 0 spiro atoms. The second-order valence-corrected chi connectivity index (χ2v) is 5.16. The first kappa shape index (κ1) is 22.0. The van der Waals surface area contributed by atoms with Crippen molar-refractivity contribution in [1.82, 2.24) is 0 Å². The zero-order valence-corrected chi connectivity index (χ0v) is 14.7. The van der Waals surface area contributed by atoms with Crippen molar-refractivity contribution >= 4 is 23.9 Å². The average Bonchev–Trinajstić information content (AvgIpc) is 2.57. The van der Waals surface area contributed by atoms with E-state index in [-0.39, 0.29) is 34.1 Å². The van der Waals surface area contributed by atoms with Gasteiger partial charge >= 0.3 is 23.9 Å². The summed E-state index contributed by atoms with van der Waals surface area (Å²) < 4.78 is 9.43. The lowest BCUT2D eigenvalue weighted by atomic mass is 10.2. The van der Waals surface area contributed by atoms with Gasteiger partial charge in [-0.1, -0.05) is 0 Å². The van der Waals surface area contributed by atoms with E-state index in [1.165, 1.54) is 25.1 Å². The lowest BCUT2D eigenvalue weighted by Gasteiger charge is -2.07. The smallest absolute Gasteiger partial charge is 0.339 e. The third-order valence-corrected chi connectivity index (χ3v) is 2.91. The molecule has 0 aromatic heterocycles. The standard InChI is InChI=1S/C11H10O6.C7H6O4/c1-6(12)16-8-3-4-10(17-7(2)13)9(5-8)11(14)15;8-4-1-2-6(9)5(3-4)7(10)11/h3-5H,1-2H3,(H,14,15);1-3,8-9H,(H,10,11). The van der Waals surface area contributed by atoms with Gasteiger partial charge in [-0.15, -0.1) is 0 Å². The summed E-state index contributed by atoms with van der Waals surface area (Å²) in [5.41, 5.74) is -0.552. The first-order valence-electron chi connectivity index (χ1n) is 7.50. The van der Waals surface area contributed by atoms with Gasteiger partial charge in [-0.3, -0.25) is 9.59 Å². The molecule has 2 rings (SSSR count). The van der Waals surface area contributed by atoms with E-state index < -0.39 is 23.9 Å². The predicted octanol–water partition coefficient (Wildman–Crippen LogP) is 2.03. The quantitative estimate of drug-likeness (QED) is 0.343. The number of hydrogen-bond donors (Lipinski definition) is 4.